The lowest BCUT2D eigenvalue weighted by Gasteiger charge is -2.26. The van der Waals surface area contributed by atoms with E-state index in [4.69, 9.17) is 9.47 Å². The number of fused-ring (bicyclic) bond motifs is 1. The molecule has 1 aromatic carbocycles. The number of hydrogen-bond donors (Lipinski definition) is 1. The van der Waals surface area contributed by atoms with Gasteiger partial charge in [-0.1, -0.05) is 18.2 Å². The molecule has 2 heterocycles. The number of amides is 4. The minimum atomic E-state index is -1.28. The van der Waals surface area contributed by atoms with Crippen molar-refractivity contribution in [3.05, 3.63) is 35.9 Å². The van der Waals surface area contributed by atoms with Crippen LogP contribution in [0.15, 0.2) is 30.4 Å². The predicted molar refractivity (Wildman–Crippen MR) is 102 cm³/mol. The minimum absolute atomic E-state index is 0.305. The highest BCUT2D eigenvalue weighted by atomic mass is 16.6. The molecule has 1 N–H and O–H groups in total. The molecule has 1 atom stereocenters. The van der Waals surface area contributed by atoms with Crippen molar-refractivity contribution >= 4 is 17.8 Å². The molecule has 0 unspecified atom stereocenters. The van der Waals surface area contributed by atoms with Gasteiger partial charge in [-0.05, 0) is 38.5 Å². The number of hydrogen-bond acceptors (Lipinski definition) is 5. The molecular formula is C20H25N3O5. The van der Waals surface area contributed by atoms with Crippen LogP contribution in [-0.2, 0) is 15.1 Å². The first kappa shape index (κ1) is 19.7. The zero-order valence-electron chi connectivity index (χ0n) is 16.4. The number of benzene rings is 1. The molecule has 1 aromatic rings. The molecule has 0 radical (unpaired) electrons. The highest BCUT2D eigenvalue weighted by Gasteiger charge is 2.50. The summed E-state index contributed by atoms with van der Waals surface area (Å²) in [5, 5.41) is 2.71. The molecule has 2 aliphatic rings. The van der Waals surface area contributed by atoms with Gasteiger partial charge in [0.25, 0.3) is 5.91 Å². The second-order valence-corrected chi connectivity index (χ2v) is 7.17. The third-order valence-electron chi connectivity index (χ3n) is 4.88. The number of nitrogens with one attached hydrogen (secondary N) is 1. The van der Waals surface area contributed by atoms with Crippen molar-refractivity contribution < 1.29 is 23.9 Å². The smallest absolute Gasteiger partial charge is 0.325 e. The molecule has 0 bridgehead atoms. The molecule has 4 amide bonds. The maximum absolute atomic E-state index is 13.1. The molecule has 2 aliphatic heterocycles. The van der Waals surface area contributed by atoms with Crippen LogP contribution in [-0.4, -0.2) is 60.5 Å². The number of urea groups is 1. The van der Waals surface area contributed by atoms with E-state index >= 15 is 0 Å². The lowest BCUT2D eigenvalue weighted by atomic mass is 9.91. The van der Waals surface area contributed by atoms with Crippen LogP contribution in [0.25, 0.3) is 0 Å². The summed E-state index contributed by atoms with van der Waals surface area (Å²) in [6, 6.07) is 4.53. The second-order valence-electron chi connectivity index (χ2n) is 7.17. The normalized spacial score (nSPS) is 20.8. The van der Waals surface area contributed by atoms with Crippen molar-refractivity contribution in [2.75, 3.05) is 32.8 Å². The first-order chi connectivity index (χ1) is 13.3. The number of ether oxygens (including phenoxy) is 2. The Hall–Kier alpha value is -3.03. The van der Waals surface area contributed by atoms with Gasteiger partial charge in [-0.2, -0.15) is 0 Å². The summed E-state index contributed by atoms with van der Waals surface area (Å²) in [7, 11) is 0. The topological polar surface area (TPSA) is 88.2 Å². The minimum Gasteiger partial charge on any atom is -0.486 e. The van der Waals surface area contributed by atoms with E-state index in [9.17, 15) is 14.4 Å². The van der Waals surface area contributed by atoms with Crippen LogP contribution in [0.2, 0.25) is 0 Å². The van der Waals surface area contributed by atoms with Crippen molar-refractivity contribution in [3.63, 3.8) is 0 Å². The molecule has 0 spiro atoms. The molecule has 28 heavy (non-hydrogen) atoms. The molecule has 1 fully saturated rings. The molecule has 0 aromatic heterocycles. The van der Waals surface area contributed by atoms with Gasteiger partial charge < -0.3 is 19.7 Å². The Kier molecular flexibility index (Phi) is 5.31. The molecule has 3 rings (SSSR count). The van der Waals surface area contributed by atoms with E-state index < -0.39 is 17.5 Å². The fourth-order valence-electron chi connectivity index (χ4n) is 3.33. The second kappa shape index (κ2) is 7.53. The third-order valence-corrected chi connectivity index (χ3v) is 4.88. The average Bonchev–Trinajstić information content (AvgIpc) is 2.89. The van der Waals surface area contributed by atoms with Gasteiger partial charge >= 0.3 is 6.03 Å². The maximum atomic E-state index is 13.1. The standard InChI is InChI=1S/C20H25N3O5/c1-5-22(11-13(2)3)17(24)12-23-18(25)20(4,21-19(23)26)14-6-7-15-16(10-14)28-9-8-27-15/h6-7,10H,2,5,8-9,11-12H2,1,3-4H3,(H,21,26)/t20-/m0/s1. The summed E-state index contributed by atoms with van der Waals surface area (Å²) in [4.78, 5) is 40.6. The highest BCUT2D eigenvalue weighted by Crippen LogP contribution is 2.36. The molecule has 150 valence electrons. The maximum Gasteiger partial charge on any atom is 0.325 e. The van der Waals surface area contributed by atoms with Gasteiger partial charge in [-0.25, -0.2) is 4.79 Å². The fourth-order valence-corrected chi connectivity index (χ4v) is 3.33. The van der Waals surface area contributed by atoms with Crippen LogP contribution in [0.3, 0.4) is 0 Å². The Bertz CT molecular complexity index is 837. The average molecular weight is 387 g/mol. The molecule has 8 nitrogen and oxygen atoms in total. The van der Waals surface area contributed by atoms with E-state index in [1.165, 1.54) is 0 Å². The number of likely N-dealkylation sites (N-methyl/N-ethyl adjacent to an activating group) is 1. The lowest BCUT2D eigenvalue weighted by Crippen LogP contribution is -2.45. The van der Waals surface area contributed by atoms with Gasteiger partial charge in [0.05, 0.1) is 0 Å². The summed E-state index contributed by atoms with van der Waals surface area (Å²) >= 11 is 0. The monoisotopic (exact) mass is 387 g/mol. The zero-order valence-corrected chi connectivity index (χ0v) is 16.4. The summed E-state index contributed by atoms with van der Waals surface area (Å²) in [5.74, 6) is 0.343. The van der Waals surface area contributed by atoms with Crippen molar-refractivity contribution in [1.29, 1.82) is 0 Å². The summed E-state index contributed by atoms with van der Waals surface area (Å²) in [5.41, 5.74) is 0.117. The first-order valence-electron chi connectivity index (χ1n) is 9.22. The van der Waals surface area contributed by atoms with Crippen molar-refractivity contribution in [2.24, 2.45) is 0 Å². The zero-order chi connectivity index (χ0) is 20.5. The molecule has 0 saturated carbocycles. The molecule has 8 heteroatoms. The van der Waals surface area contributed by atoms with Crippen LogP contribution in [0.4, 0.5) is 4.79 Å². The Labute approximate surface area is 164 Å². The SMILES string of the molecule is C=C(C)CN(CC)C(=O)CN1C(=O)N[C@@](C)(c2ccc3c(c2)OCCO3)C1=O. The number of nitrogens with zero attached hydrogens (tertiary/aromatic N) is 2. The Morgan fingerprint density at radius 3 is 2.61 bits per heavy atom. The number of carbonyl (C=O) groups is 3. The van der Waals surface area contributed by atoms with Crippen LogP contribution >= 0.6 is 0 Å². The van der Waals surface area contributed by atoms with Gasteiger partial charge in [-0.3, -0.25) is 14.5 Å². The van der Waals surface area contributed by atoms with E-state index in [-0.39, 0.29) is 12.5 Å². The van der Waals surface area contributed by atoms with Gasteiger partial charge in [-0.15, -0.1) is 0 Å². The van der Waals surface area contributed by atoms with Gasteiger partial charge in [0.1, 0.15) is 25.3 Å². The van der Waals surface area contributed by atoms with E-state index in [2.05, 4.69) is 11.9 Å². The Balaban J connectivity index is 1.80. The lowest BCUT2D eigenvalue weighted by molar-refractivity contribution is -0.138. The summed E-state index contributed by atoms with van der Waals surface area (Å²) in [6.45, 7) is 10.5. The Morgan fingerprint density at radius 2 is 1.96 bits per heavy atom. The number of rotatable bonds is 6. The third kappa shape index (κ3) is 3.54. The van der Waals surface area contributed by atoms with Gasteiger partial charge in [0.15, 0.2) is 11.5 Å². The first-order valence-corrected chi connectivity index (χ1v) is 9.22. The van der Waals surface area contributed by atoms with Crippen LogP contribution in [0.5, 0.6) is 11.5 Å². The van der Waals surface area contributed by atoms with E-state index in [1.54, 1.807) is 30.0 Å². The van der Waals surface area contributed by atoms with Crippen LogP contribution in [0, 0.1) is 0 Å². The largest absolute Gasteiger partial charge is 0.486 e. The molecule has 0 aliphatic carbocycles. The molecular weight excluding hydrogens is 362 g/mol. The number of imide groups is 1. The predicted octanol–water partition coefficient (Wildman–Crippen LogP) is 1.65. The quantitative estimate of drug-likeness (QED) is 0.592. The van der Waals surface area contributed by atoms with Crippen molar-refractivity contribution in [1.82, 2.24) is 15.1 Å². The molecule has 1 saturated heterocycles. The fraction of sp³-hybridized carbons (Fsp3) is 0.450. The Morgan fingerprint density at radius 1 is 1.29 bits per heavy atom. The van der Waals surface area contributed by atoms with Gasteiger partial charge in [0.2, 0.25) is 5.91 Å². The number of carbonyl (C=O) groups excluding carboxylic acids is 3. The highest BCUT2D eigenvalue weighted by molar-refractivity contribution is 6.09. The van der Waals surface area contributed by atoms with E-state index in [1.807, 2.05) is 13.8 Å². The van der Waals surface area contributed by atoms with Gasteiger partial charge in [0, 0.05) is 13.1 Å². The van der Waals surface area contributed by atoms with Crippen LogP contribution in [0.1, 0.15) is 26.3 Å². The van der Waals surface area contributed by atoms with Crippen molar-refractivity contribution in [2.45, 2.75) is 26.3 Å². The van der Waals surface area contributed by atoms with Crippen molar-refractivity contribution in [3.8, 4) is 11.5 Å². The van der Waals surface area contributed by atoms with E-state index in [0.29, 0.717) is 43.4 Å². The summed E-state index contributed by atoms with van der Waals surface area (Å²) in [6.07, 6.45) is 0. The van der Waals surface area contributed by atoms with Crippen LogP contribution < -0.4 is 14.8 Å². The summed E-state index contributed by atoms with van der Waals surface area (Å²) < 4.78 is 11.1. The van der Waals surface area contributed by atoms with E-state index in [0.717, 1.165) is 10.5 Å².